The zero-order chi connectivity index (χ0) is 21.3. The van der Waals surface area contributed by atoms with Crippen molar-refractivity contribution in [2.24, 2.45) is 4.99 Å². The molecule has 3 fully saturated rings. The summed E-state index contributed by atoms with van der Waals surface area (Å²) in [5, 5.41) is 7.16. The van der Waals surface area contributed by atoms with Crippen LogP contribution in [0.1, 0.15) is 76.7 Å². The Morgan fingerprint density at radius 3 is 2.41 bits per heavy atom. The number of nitrogens with one attached hydrogen (secondary N) is 2. The van der Waals surface area contributed by atoms with Gasteiger partial charge in [-0.15, -0.1) is 24.0 Å². The maximum Gasteiger partial charge on any atom is 0.191 e. The molecular formula is C25H43IN6. The molecule has 2 saturated heterocycles. The quantitative estimate of drug-likeness (QED) is 0.307. The zero-order valence-corrected chi connectivity index (χ0v) is 22.2. The van der Waals surface area contributed by atoms with Gasteiger partial charge in [-0.2, -0.15) is 0 Å². The van der Waals surface area contributed by atoms with E-state index in [1.807, 2.05) is 6.20 Å². The number of anilines is 1. The Labute approximate surface area is 212 Å². The average Bonchev–Trinajstić information content (AvgIpc) is 3.20. The maximum absolute atomic E-state index is 4.91. The third-order valence-corrected chi connectivity index (χ3v) is 7.22. The molecule has 7 heteroatoms. The Hall–Kier alpha value is -1.09. The van der Waals surface area contributed by atoms with Crippen molar-refractivity contribution >= 4 is 35.8 Å². The molecule has 1 aliphatic carbocycles. The molecule has 0 amide bonds. The largest absolute Gasteiger partial charge is 0.357 e. The molecule has 2 aliphatic heterocycles. The smallest absolute Gasteiger partial charge is 0.191 e. The molecule has 0 aromatic carbocycles. The van der Waals surface area contributed by atoms with Gasteiger partial charge in [0.1, 0.15) is 5.82 Å². The number of pyridine rings is 1. The first kappa shape index (κ1) is 25.5. The molecule has 2 N–H and O–H groups in total. The Morgan fingerprint density at radius 2 is 1.72 bits per heavy atom. The predicted molar refractivity (Wildman–Crippen MR) is 145 cm³/mol. The summed E-state index contributed by atoms with van der Waals surface area (Å²) in [6.45, 7) is 8.44. The number of halogens is 1. The van der Waals surface area contributed by atoms with Gasteiger partial charge < -0.3 is 20.4 Å². The van der Waals surface area contributed by atoms with Gasteiger partial charge in [-0.25, -0.2) is 9.98 Å². The minimum Gasteiger partial charge on any atom is -0.357 e. The predicted octanol–water partition coefficient (Wildman–Crippen LogP) is 4.54. The van der Waals surface area contributed by atoms with Crippen molar-refractivity contribution in [1.29, 1.82) is 0 Å². The van der Waals surface area contributed by atoms with Gasteiger partial charge in [0.2, 0.25) is 0 Å². The van der Waals surface area contributed by atoms with Crippen LogP contribution in [0, 0.1) is 0 Å². The van der Waals surface area contributed by atoms with Crippen LogP contribution in [0.25, 0.3) is 0 Å². The lowest BCUT2D eigenvalue weighted by atomic mass is 10.0. The fraction of sp³-hybridized carbons (Fsp3) is 0.760. The van der Waals surface area contributed by atoms with Crippen molar-refractivity contribution in [2.75, 3.05) is 37.6 Å². The molecule has 0 unspecified atom stereocenters. The fourth-order valence-electron chi connectivity index (χ4n) is 5.39. The Balaban J connectivity index is 0.00000289. The number of hydrogen-bond acceptors (Lipinski definition) is 4. The highest BCUT2D eigenvalue weighted by atomic mass is 127. The van der Waals surface area contributed by atoms with Crippen molar-refractivity contribution in [1.82, 2.24) is 20.5 Å². The van der Waals surface area contributed by atoms with Crippen LogP contribution < -0.4 is 15.5 Å². The molecule has 6 nitrogen and oxygen atoms in total. The lowest BCUT2D eigenvalue weighted by Gasteiger charge is -2.36. The second-order valence-corrected chi connectivity index (χ2v) is 9.51. The van der Waals surface area contributed by atoms with Crippen molar-refractivity contribution in [2.45, 2.75) is 89.8 Å². The molecule has 0 bridgehead atoms. The SMILES string of the molecule is CCNC(=NCc1ccnc(N2CCCCCC2)c1)NC1CCN(C2CCCC2)CC1.I. The van der Waals surface area contributed by atoms with Crippen LogP contribution in [0.3, 0.4) is 0 Å². The van der Waals surface area contributed by atoms with E-state index in [0.717, 1.165) is 37.5 Å². The summed E-state index contributed by atoms with van der Waals surface area (Å²) in [7, 11) is 0. The maximum atomic E-state index is 4.91. The van der Waals surface area contributed by atoms with Crippen LogP contribution in [0.5, 0.6) is 0 Å². The van der Waals surface area contributed by atoms with E-state index in [1.54, 1.807) is 0 Å². The molecule has 4 rings (SSSR count). The first-order valence-electron chi connectivity index (χ1n) is 12.8. The third-order valence-electron chi connectivity index (χ3n) is 7.22. The second-order valence-electron chi connectivity index (χ2n) is 9.51. The van der Waals surface area contributed by atoms with Crippen LogP contribution in [0.4, 0.5) is 5.82 Å². The summed E-state index contributed by atoms with van der Waals surface area (Å²) in [5.74, 6) is 2.07. The van der Waals surface area contributed by atoms with Crippen LogP contribution in [-0.2, 0) is 6.54 Å². The standard InChI is InChI=1S/C25H42N6.HI/c1-2-26-25(29-22-12-17-30(18-13-22)23-9-5-6-10-23)28-20-21-11-14-27-24(19-21)31-15-7-3-4-8-16-31;/h11,14,19,22-23H,2-10,12-13,15-18,20H2,1H3,(H2,26,28,29);1H. The normalized spacial score (nSPS) is 21.8. The van der Waals surface area contributed by atoms with Gasteiger partial charge >= 0.3 is 0 Å². The fourth-order valence-corrected chi connectivity index (χ4v) is 5.39. The van der Waals surface area contributed by atoms with E-state index in [2.05, 4.69) is 44.5 Å². The van der Waals surface area contributed by atoms with E-state index in [1.165, 1.54) is 82.9 Å². The molecular weight excluding hydrogens is 511 g/mol. The van der Waals surface area contributed by atoms with E-state index in [0.29, 0.717) is 12.6 Å². The third kappa shape index (κ3) is 7.47. The van der Waals surface area contributed by atoms with E-state index in [4.69, 9.17) is 4.99 Å². The van der Waals surface area contributed by atoms with Crippen molar-refractivity contribution in [3.8, 4) is 0 Å². The van der Waals surface area contributed by atoms with Crippen LogP contribution in [-0.4, -0.2) is 60.7 Å². The number of likely N-dealkylation sites (tertiary alicyclic amines) is 1. The number of aliphatic imine (C=N–C) groups is 1. The zero-order valence-electron chi connectivity index (χ0n) is 19.9. The van der Waals surface area contributed by atoms with Gasteiger partial charge in [0, 0.05) is 51.0 Å². The number of guanidine groups is 1. The van der Waals surface area contributed by atoms with E-state index in [-0.39, 0.29) is 24.0 Å². The van der Waals surface area contributed by atoms with E-state index >= 15 is 0 Å². The lowest BCUT2D eigenvalue weighted by Crippen LogP contribution is -2.50. The molecule has 180 valence electrons. The molecule has 1 saturated carbocycles. The van der Waals surface area contributed by atoms with Crippen molar-refractivity contribution in [3.63, 3.8) is 0 Å². The molecule has 32 heavy (non-hydrogen) atoms. The number of nitrogens with zero attached hydrogens (tertiary/aromatic N) is 4. The highest BCUT2D eigenvalue weighted by Crippen LogP contribution is 2.26. The Kier molecular flexibility index (Phi) is 10.8. The van der Waals surface area contributed by atoms with Gasteiger partial charge in [-0.05, 0) is 63.1 Å². The first-order chi connectivity index (χ1) is 15.3. The Bertz CT molecular complexity index is 689. The molecule has 3 heterocycles. The van der Waals surface area contributed by atoms with Crippen LogP contribution in [0.15, 0.2) is 23.3 Å². The monoisotopic (exact) mass is 554 g/mol. The molecule has 1 aromatic rings. The van der Waals surface area contributed by atoms with Crippen molar-refractivity contribution in [3.05, 3.63) is 23.9 Å². The minimum absolute atomic E-state index is 0. The summed E-state index contributed by atoms with van der Waals surface area (Å²) < 4.78 is 0. The molecule has 3 aliphatic rings. The van der Waals surface area contributed by atoms with Gasteiger partial charge in [0.05, 0.1) is 6.54 Å². The summed E-state index contributed by atoms with van der Waals surface area (Å²) in [4.78, 5) is 14.7. The number of rotatable bonds is 6. The molecule has 0 radical (unpaired) electrons. The first-order valence-corrected chi connectivity index (χ1v) is 12.8. The van der Waals surface area contributed by atoms with Crippen LogP contribution >= 0.6 is 24.0 Å². The highest BCUT2D eigenvalue weighted by molar-refractivity contribution is 14.0. The van der Waals surface area contributed by atoms with Gasteiger partial charge in [0.25, 0.3) is 0 Å². The molecule has 0 spiro atoms. The molecule has 0 atom stereocenters. The average molecular weight is 555 g/mol. The van der Waals surface area contributed by atoms with E-state index in [9.17, 15) is 0 Å². The second kappa shape index (κ2) is 13.6. The highest BCUT2D eigenvalue weighted by Gasteiger charge is 2.27. The number of hydrogen-bond donors (Lipinski definition) is 2. The minimum atomic E-state index is 0. The lowest BCUT2D eigenvalue weighted by molar-refractivity contribution is 0.150. The Morgan fingerprint density at radius 1 is 1.00 bits per heavy atom. The summed E-state index contributed by atoms with van der Waals surface area (Å²) in [5.41, 5.74) is 1.24. The summed E-state index contributed by atoms with van der Waals surface area (Å²) in [6, 6.07) is 5.72. The number of aromatic nitrogens is 1. The number of piperidine rings is 1. The summed E-state index contributed by atoms with van der Waals surface area (Å²) >= 11 is 0. The van der Waals surface area contributed by atoms with Gasteiger partial charge in [0.15, 0.2) is 5.96 Å². The van der Waals surface area contributed by atoms with Crippen LogP contribution in [0.2, 0.25) is 0 Å². The summed E-state index contributed by atoms with van der Waals surface area (Å²) in [6.07, 6.45) is 15.3. The van der Waals surface area contributed by atoms with Gasteiger partial charge in [-0.3, -0.25) is 0 Å². The van der Waals surface area contributed by atoms with E-state index < -0.39 is 0 Å². The molecule has 1 aromatic heterocycles. The van der Waals surface area contributed by atoms with Gasteiger partial charge in [-0.1, -0.05) is 25.7 Å². The topological polar surface area (TPSA) is 55.8 Å². The van der Waals surface area contributed by atoms with Crippen molar-refractivity contribution < 1.29 is 0 Å².